The van der Waals surface area contributed by atoms with Crippen molar-refractivity contribution in [3.63, 3.8) is 0 Å². The van der Waals surface area contributed by atoms with E-state index < -0.39 is 27.4 Å². The maximum absolute atomic E-state index is 14.8. The van der Waals surface area contributed by atoms with Crippen LogP contribution in [0.15, 0.2) is 98.1 Å². The molecule has 5 atom stereocenters. The Kier molecular flexibility index (Phi) is 8.16. The van der Waals surface area contributed by atoms with E-state index in [1.54, 1.807) is 38.6 Å². The van der Waals surface area contributed by atoms with Crippen LogP contribution in [0, 0.1) is 11.8 Å². The van der Waals surface area contributed by atoms with Crippen molar-refractivity contribution < 1.29 is 19.5 Å². The van der Waals surface area contributed by atoms with Crippen LogP contribution in [0.3, 0.4) is 0 Å². The molecule has 8 heteroatoms. The number of rotatable bonds is 11. The third-order valence-electron chi connectivity index (χ3n) is 9.62. The molecule has 1 N–H and O–H groups in total. The molecule has 3 fully saturated rings. The number of aliphatic hydroxyl groups excluding tert-OH is 1. The molecule has 0 saturated carbocycles. The standard InChI is InChI=1S/C36H39N3O4S/c1-4-19-37(24-25-11-7-6-8-12-25)32(41)29-30-33(42)39(21-22-40)31(36(30)18-17-35(29,3)44-36)34(43)38(20-5-2)28-16-15-26-13-9-10-14-27(26)23-28/h4-16,23,29-31,40H,1-2,17-22,24H2,3H3/t29-,30-,31?,35+,36?/m0/s1. The van der Waals surface area contributed by atoms with E-state index in [0.717, 1.165) is 28.4 Å². The van der Waals surface area contributed by atoms with E-state index in [1.807, 2.05) is 72.8 Å². The monoisotopic (exact) mass is 609 g/mol. The molecule has 2 unspecified atom stereocenters. The summed E-state index contributed by atoms with van der Waals surface area (Å²) in [5.41, 5.74) is 1.72. The van der Waals surface area contributed by atoms with Gasteiger partial charge >= 0.3 is 0 Å². The van der Waals surface area contributed by atoms with Crippen molar-refractivity contribution in [3.05, 3.63) is 104 Å². The Bertz CT molecular complexity index is 1610. The first-order valence-corrected chi connectivity index (χ1v) is 16.1. The summed E-state index contributed by atoms with van der Waals surface area (Å²) < 4.78 is -1.27. The second-order valence-electron chi connectivity index (χ2n) is 12.2. The minimum Gasteiger partial charge on any atom is -0.395 e. The number of aliphatic hydroxyl groups is 1. The summed E-state index contributed by atoms with van der Waals surface area (Å²) in [6, 6.07) is 22.9. The molecule has 2 bridgehead atoms. The van der Waals surface area contributed by atoms with E-state index in [-0.39, 0.29) is 37.4 Å². The predicted molar refractivity (Wildman–Crippen MR) is 176 cm³/mol. The summed E-state index contributed by atoms with van der Waals surface area (Å²) in [5, 5.41) is 12.1. The van der Waals surface area contributed by atoms with Gasteiger partial charge in [-0.3, -0.25) is 14.4 Å². The molecule has 3 aliphatic heterocycles. The number of carbonyl (C=O) groups is 3. The van der Waals surface area contributed by atoms with Gasteiger partial charge in [0.05, 0.1) is 23.2 Å². The van der Waals surface area contributed by atoms with Crippen LogP contribution in [-0.4, -0.2) is 74.4 Å². The maximum Gasteiger partial charge on any atom is 0.251 e. The van der Waals surface area contributed by atoms with Gasteiger partial charge in [0, 0.05) is 36.6 Å². The molecule has 3 heterocycles. The summed E-state index contributed by atoms with van der Waals surface area (Å²) in [6.45, 7) is 10.7. The van der Waals surface area contributed by atoms with Gasteiger partial charge in [0.15, 0.2) is 0 Å². The van der Waals surface area contributed by atoms with Crippen molar-refractivity contribution in [3.8, 4) is 0 Å². The van der Waals surface area contributed by atoms with Crippen LogP contribution in [0.1, 0.15) is 25.3 Å². The van der Waals surface area contributed by atoms with E-state index in [1.165, 1.54) is 0 Å². The second kappa shape index (κ2) is 11.9. The number of amides is 3. The summed E-state index contributed by atoms with van der Waals surface area (Å²) in [4.78, 5) is 48.7. The zero-order chi connectivity index (χ0) is 31.1. The van der Waals surface area contributed by atoms with Crippen molar-refractivity contribution in [1.29, 1.82) is 0 Å². The van der Waals surface area contributed by atoms with Gasteiger partial charge in [-0.2, -0.15) is 0 Å². The van der Waals surface area contributed by atoms with Gasteiger partial charge < -0.3 is 19.8 Å². The average molecular weight is 610 g/mol. The quantitative estimate of drug-likeness (QED) is 0.308. The van der Waals surface area contributed by atoms with E-state index >= 15 is 0 Å². The molecule has 6 rings (SSSR count). The maximum atomic E-state index is 14.8. The number of nitrogens with zero attached hydrogens (tertiary/aromatic N) is 3. The molecule has 3 saturated heterocycles. The highest BCUT2D eigenvalue weighted by atomic mass is 32.2. The van der Waals surface area contributed by atoms with Crippen molar-refractivity contribution in [2.45, 2.75) is 41.8 Å². The van der Waals surface area contributed by atoms with Crippen LogP contribution in [0.25, 0.3) is 10.8 Å². The fourth-order valence-corrected chi connectivity index (χ4v) is 10.1. The zero-order valence-electron chi connectivity index (χ0n) is 25.1. The lowest BCUT2D eigenvalue weighted by atomic mass is 9.66. The first-order valence-electron chi connectivity index (χ1n) is 15.2. The van der Waals surface area contributed by atoms with Gasteiger partial charge in [0.25, 0.3) is 5.91 Å². The number of anilines is 1. The predicted octanol–water partition coefficient (Wildman–Crippen LogP) is 5.05. The lowest BCUT2D eigenvalue weighted by molar-refractivity contribution is -0.145. The van der Waals surface area contributed by atoms with Gasteiger partial charge in [-0.05, 0) is 48.2 Å². The molecule has 3 amide bonds. The van der Waals surface area contributed by atoms with E-state index in [0.29, 0.717) is 19.5 Å². The summed E-state index contributed by atoms with van der Waals surface area (Å²) in [7, 11) is 0. The van der Waals surface area contributed by atoms with Gasteiger partial charge in [-0.15, -0.1) is 24.9 Å². The highest BCUT2D eigenvalue weighted by Crippen LogP contribution is 2.71. The minimum atomic E-state index is -0.815. The molecule has 0 aliphatic carbocycles. The van der Waals surface area contributed by atoms with Gasteiger partial charge in [-0.25, -0.2) is 0 Å². The third kappa shape index (κ3) is 4.85. The van der Waals surface area contributed by atoms with Crippen molar-refractivity contribution >= 4 is 45.9 Å². The first kappa shape index (κ1) is 30.2. The van der Waals surface area contributed by atoms with E-state index in [9.17, 15) is 19.5 Å². The Morgan fingerprint density at radius 2 is 1.68 bits per heavy atom. The Labute approximate surface area is 263 Å². The zero-order valence-corrected chi connectivity index (χ0v) is 25.9. The number of thioether (sulfide) groups is 1. The van der Waals surface area contributed by atoms with Crippen LogP contribution in [-0.2, 0) is 20.9 Å². The fraction of sp³-hybridized carbons (Fsp3) is 0.361. The lowest BCUT2D eigenvalue weighted by Gasteiger charge is -2.38. The summed E-state index contributed by atoms with van der Waals surface area (Å²) in [6.07, 6.45) is 4.78. The molecule has 3 aromatic rings. The molecule has 3 aromatic carbocycles. The number of benzene rings is 3. The SMILES string of the molecule is C=CCN(Cc1ccccc1)C(=O)[C@@H]1[C@H]2C(=O)N(CCO)C(C(=O)N(CC=C)c3ccc4ccccc4c3)C23CC[C@@]1(C)S3. The second-order valence-corrected chi connectivity index (χ2v) is 14.1. The molecule has 228 valence electrons. The Balaban J connectivity index is 1.39. The molecular weight excluding hydrogens is 570 g/mol. The summed E-state index contributed by atoms with van der Waals surface area (Å²) in [5.74, 6) is -1.77. The molecule has 7 nitrogen and oxygen atoms in total. The third-order valence-corrected chi connectivity index (χ3v) is 11.6. The smallest absolute Gasteiger partial charge is 0.251 e. The van der Waals surface area contributed by atoms with Crippen LogP contribution >= 0.6 is 11.8 Å². The Morgan fingerprint density at radius 1 is 0.977 bits per heavy atom. The molecule has 1 spiro atoms. The molecular formula is C36H39N3O4S. The number of carbonyl (C=O) groups excluding carboxylic acids is 3. The Hall–Kier alpha value is -3.88. The van der Waals surface area contributed by atoms with E-state index in [2.05, 4.69) is 20.1 Å². The van der Waals surface area contributed by atoms with Crippen LogP contribution in [0.2, 0.25) is 0 Å². The van der Waals surface area contributed by atoms with Gasteiger partial charge in [-0.1, -0.05) is 72.8 Å². The normalized spacial score (nSPS) is 26.9. The minimum absolute atomic E-state index is 0.0334. The topological polar surface area (TPSA) is 81.2 Å². The van der Waals surface area contributed by atoms with E-state index in [4.69, 9.17) is 0 Å². The largest absolute Gasteiger partial charge is 0.395 e. The highest BCUT2D eigenvalue weighted by Gasteiger charge is 2.77. The molecule has 0 radical (unpaired) electrons. The first-order chi connectivity index (χ1) is 21.3. The summed E-state index contributed by atoms with van der Waals surface area (Å²) >= 11 is 1.64. The number of hydrogen-bond acceptors (Lipinski definition) is 5. The van der Waals surface area contributed by atoms with Crippen LogP contribution in [0.5, 0.6) is 0 Å². The van der Waals surface area contributed by atoms with Crippen molar-refractivity contribution in [2.75, 3.05) is 31.1 Å². The molecule has 3 aliphatic rings. The fourth-order valence-electron chi connectivity index (χ4n) is 7.76. The number of fused-ring (bicyclic) bond motifs is 2. The number of hydrogen-bond donors (Lipinski definition) is 1. The van der Waals surface area contributed by atoms with Crippen LogP contribution < -0.4 is 4.90 Å². The lowest BCUT2D eigenvalue weighted by Crippen LogP contribution is -2.55. The highest BCUT2D eigenvalue weighted by molar-refractivity contribution is 8.02. The van der Waals surface area contributed by atoms with Crippen molar-refractivity contribution in [2.24, 2.45) is 11.8 Å². The van der Waals surface area contributed by atoms with Crippen LogP contribution in [0.4, 0.5) is 5.69 Å². The van der Waals surface area contributed by atoms with Crippen molar-refractivity contribution in [1.82, 2.24) is 9.80 Å². The van der Waals surface area contributed by atoms with Gasteiger partial charge in [0.1, 0.15) is 6.04 Å². The van der Waals surface area contributed by atoms with Gasteiger partial charge in [0.2, 0.25) is 11.8 Å². The molecule has 44 heavy (non-hydrogen) atoms. The Morgan fingerprint density at radius 3 is 2.39 bits per heavy atom. The number of β-amino-alcohol motifs (C(OH)–C–C–N with tert-alkyl or cyclic N) is 1. The average Bonchev–Trinajstić information content (AvgIpc) is 3.60. The molecule has 0 aromatic heterocycles. The number of likely N-dealkylation sites (tertiary alicyclic amines) is 1.